The molecule has 3 aromatic rings. The first-order valence-corrected chi connectivity index (χ1v) is 10.8. The average molecular weight is 437 g/mol. The third-order valence-corrected chi connectivity index (χ3v) is 6.91. The number of nitrogens with zero attached hydrogens (tertiary/aromatic N) is 5. The number of rotatable bonds is 2. The molecule has 4 amide bonds. The molecule has 1 aromatic heterocycles. The average Bonchev–Trinajstić information content (AvgIpc) is 3.49. The van der Waals surface area contributed by atoms with Crippen LogP contribution in [0.3, 0.4) is 0 Å². The van der Waals surface area contributed by atoms with Gasteiger partial charge in [0.25, 0.3) is 11.8 Å². The summed E-state index contributed by atoms with van der Waals surface area (Å²) in [5.41, 5.74) is 2.18. The van der Waals surface area contributed by atoms with Crippen LogP contribution in [0.25, 0.3) is 10.8 Å². The molecule has 4 heterocycles. The van der Waals surface area contributed by atoms with Crippen LogP contribution in [0.4, 0.5) is 10.5 Å². The second kappa shape index (κ2) is 6.87. The Kier molecular flexibility index (Phi) is 4.05. The number of amides is 4. The predicted octanol–water partition coefficient (Wildman–Crippen LogP) is 2.85. The maximum atomic E-state index is 13.6. The van der Waals surface area contributed by atoms with E-state index in [1.165, 1.54) is 11.1 Å². The molecule has 3 atom stereocenters. The van der Waals surface area contributed by atoms with Crippen molar-refractivity contribution in [3.05, 3.63) is 71.5 Å². The van der Waals surface area contributed by atoms with Crippen molar-refractivity contribution in [2.75, 3.05) is 11.4 Å². The molecule has 0 aliphatic carbocycles. The molecule has 2 aromatic carbocycles. The number of aromatic nitrogens is 1. The van der Waals surface area contributed by atoms with E-state index in [4.69, 9.17) is 0 Å². The molecule has 3 saturated heterocycles. The Morgan fingerprint density at radius 2 is 1.91 bits per heavy atom. The number of pyridine rings is 1. The Balaban J connectivity index is 1.37. The summed E-state index contributed by atoms with van der Waals surface area (Å²) in [4.78, 5) is 48.9. The molecule has 3 aliphatic heterocycles. The first-order valence-electron chi connectivity index (χ1n) is 10.8. The van der Waals surface area contributed by atoms with Crippen molar-refractivity contribution >= 4 is 34.3 Å². The first-order chi connectivity index (χ1) is 16.0. The van der Waals surface area contributed by atoms with Crippen LogP contribution < -0.4 is 4.90 Å². The SMILES string of the molecule is Cc1cccc(C(=O)N2C[C@H]3CC2C2C(=O)N(c4cnc(C#N)c5ccccc45)C(=O)N23)c1. The van der Waals surface area contributed by atoms with Gasteiger partial charge in [-0.25, -0.2) is 14.7 Å². The normalized spacial score (nSPS) is 23.4. The summed E-state index contributed by atoms with van der Waals surface area (Å²) in [6, 6.07) is 14.9. The minimum atomic E-state index is -0.709. The van der Waals surface area contributed by atoms with Crippen molar-refractivity contribution in [2.24, 2.45) is 0 Å². The number of hydrogen-bond acceptors (Lipinski definition) is 5. The van der Waals surface area contributed by atoms with Gasteiger partial charge in [-0.2, -0.15) is 5.26 Å². The highest BCUT2D eigenvalue weighted by Gasteiger charge is 2.63. The number of fused-ring (bicyclic) bond motifs is 6. The zero-order chi connectivity index (χ0) is 22.9. The van der Waals surface area contributed by atoms with Gasteiger partial charge in [-0.05, 0) is 25.5 Å². The first kappa shape index (κ1) is 19.4. The van der Waals surface area contributed by atoms with Crippen molar-refractivity contribution < 1.29 is 14.4 Å². The summed E-state index contributed by atoms with van der Waals surface area (Å²) in [6.07, 6.45) is 2.01. The molecular formula is C25H19N5O3. The number of carbonyl (C=O) groups excluding carboxylic acids is 3. The predicted molar refractivity (Wildman–Crippen MR) is 119 cm³/mol. The van der Waals surface area contributed by atoms with Crippen molar-refractivity contribution in [2.45, 2.75) is 31.5 Å². The highest BCUT2D eigenvalue weighted by atomic mass is 16.2. The lowest BCUT2D eigenvalue weighted by molar-refractivity contribution is -0.121. The van der Waals surface area contributed by atoms with E-state index in [9.17, 15) is 19.6 Å². The molecule has 162 valence electrons. The lowest BCUT2D eigenvalue weighted by Gasteiger charge is -2.35. The van der Waals surface area contributed by atoms with Crippen LogP contribution in [0.15, 0.2) is 54.7 Å². The second-order valence-electron chi connectivity index (χ2n) is 8.74. The molecule has 3 fully saturated rings. The lowest BCUT2D eigenvalue weighted by atomic mass is 10.1. The summed E-state index contributed by atoms with van der Waals surface area (Å²) >= 11 is 0. The van der Waals surface area contributed by atoms with E-state index in [0.717, 1.165) is 5.56 Å². The van der Waals surface area contributed by atoms with Crippen LogP contribution in [0.2, 0.25) is 0 Å². The maximum Gasteiger partial charge on any atom is 0.332 e. The number of imide groups is 1. The Hall–Kier alpha value is -4.25. The molecule has 2 bridgehead atoms. The van der Waals surface area contributed by atoms with E-state index in [1.807, 2.05) is 25.1 Å². The fourth-order valence-electron chi connectivity index (χ4n) is 5.50. The molecule has 0 N–H and O–H groups in total. The minimum absolute atomic E-state index is 0.116. The summed E-state index contributed by atoms with van der Waals surface area (Å²) in [5.74, 6) is -0.471. The number of anilines is 1. The van der Waals surface area contributed by atoms with Gasteiger partial charge in [0.2, 0.25) is 0 Å². The van der Waals surface area contributed by atoms with Crippen LogP contribution in [-0.2, 0) is 4.79 Å². The fraction of sp³-hybridized carbons (Fsp3) is 0.240. The van der Waals surface area contributed by atoms with E-state index in [-0.39, 0.29) is 29.6 Å². The summed E-state index contributed by atoms with van der Waals surface area (Å²) in [6.45, 7) is 2.34. The number of urea groups is 1. The Bertz CT molecular complexity index is 1410. The van der Waals surface area contributed by atoms with Gasteiger partial charge in [0.15, 0.2) is 0 Å². The molecular weight excluding hydrogens is 418 g/mol. The summed E-state index contributed by atoms with van der Waals surface area (Å²) in [5, 5.41) is 10.6. The molecule has 6 rings (SSSR count). The molecule has 8 nitrogen and oxygen atoms in total. The van der Waals surface area contributed by atoms with E-state index < -0.39 is 12.1 Å². The molecule has 33 heavy (non-hydrogen) atoms. The standard InChI is InChI=1S/C25H19N5O3/c1-14-5-4-6-15(9-14)23(31)28-13-16-10-20(28)22-24(32)30(25(33)29(16)22)21-12-27-19(11-26)17-7-2-3-8-18(17)21/h2-9,12,16,20,22H,10,13H2,1H3/t16-,20?,22?/m1/s1. The number of likely N-dealkylation sites (tertiary alicyclic amines) is 1. The second-order valence-corrected chi connectivity index (χ2v) is 8.74. The van der Waals surface area contributed by atoms with Gasteiger partial charge >= 0.3 is 6.03 Å². The number of piperazine rings is 1. The molecule has 2 unspecified atom stereocenters. The number of aryl methyl sites for hydroxylation is 1. The van der Waals surface area contributed by atoms with Gasteiger partial charge in [0.05, 0.1) is 24.0 Å². The molecule has 0 spiro atoms. The van der Waals surface area contributed by atoms with Gasteiger partial charge in [-0.3, -0.25) is 9.59 Å². The van der Waals surface area contributed by atoms with Crippen LogP contribution in [0.5, 0.6) is 0 Å². The maximum absolute atomic E-state index is 13.6. The van der Waals surface area contributed by atoms with Crippen molar-refractivity contribution in [3.63, 3.8) is 0 Å². The van der Waals surface area contributed by atoms with E-state index in [1.54, 1.807) is 40.1 Å². The number of carbonyl (C=O) groups is 3. The quantitative estimate of drug-likeness (QED) is 0.574. The Morgan fingerprint density at radius 1 is 1.12 bits per heavy atom. The van der Waals surface area contributed by atoms with Crippen molar-refractivity contribution in [1.82, 2.24) is 14.8 Å². The fourth-order valence-corrected chi connectivity index (χ4v) is 5.50. The number of hydrogen-bond donors (Lipinski definition) is 0. The smallest absolute Gasteiger partial charge is 0.331 e. The zero-order valence-corrected chi connectivity index (χ0v) is 17.8. The van der Waals surface area contributed by atoms with E-state index in [2.05, 4.69) is 11.1 Å². The van der Waals surface area contributed by atoms with Crippen LogP contribution >= 0.6 is 0 Å². The van der Waals surface area contributed by atoms with Crippen molar-refractivity contribution in [3.8, 4) is 6.07 Å². The summed E-state index contributed by atoms with van der Waals surface area (Å²) < 4.78 is 0. The Morgan fingerprint density at radius 3 is 2.67 bits per heavy atom. The van der Waals surface area contributed by atoms with Gasteiger partial charge in [-0.15, -0.1) is 0 Å². The summed E-state index contributed by atoms with van der Waals surface area (Å²) in [7, 11) is 0. The van der Waals surface area contributed by atoms with Crippen molar-refractivity contribution in [1.29, 1.82) is 5.26 Å². The third kappa shape index (κ3) is 2.62. The largest absolute Gasteiger partial charge is 0.332 e. The third-order valence-electron chi connectivity index (χ3n) is 6.91. The minimum Gasteiger partial charge on any atom is -0.331 e. The van der Waals surface area contributed by atoms with Gasteiger partial charge < -0.3 is 9.80 Å². The molecule has 0 saturated carbocycles. The Labute approximate surface area is 189 Å². The molecule has 8 heteroatoms. The van der Waals surface area contributed by atoms with E-state index in [0.29, 0.717) is 35.0 Å². The molecule has 3 aliphatic rings. The van der Waals surface area contributed by atoms with Crippen LogP contribution in [-0.4, -0.2) is 57.3 Å². The van der Waals surface area contributed by atoms with Gasteiger partial charge in [0.1, 0.15) is 17.8 Å². The monoisotopic (exact) mass is 437 g/mol. The topological polar surface area (TPSA) is 97.6 Å². The zero-order valence-electron chi connectivity index (χ0n) is 17.8. The van der Waals surface area contributed by atoms with Gasteiger partial charge in [0, 0.05) is 22.9 Å². The number of nitriles is 1. The van der Waals surface area contributed by atoms with Crippen LogP contribution in [0, 0.1) is 18.3 Å². The van der Waals surface area contributed by atoms with Gasteiger partial charge in [-0.1, -0.05) is 42.0 Å². The lowest BCUT2D eigenvalue weighted by Crippen LogP contribution is -2.54. The highest BCUT2D eigenvalue weighted by molar-refractivity contribution is 6.25. The van der Waals surface area contributed by atoms with E-state index >= 15 is 0 Å². The molecule has 0 radical (unpaired) electrons. The van der Waals surface area contributed by atoms with Crippen LogP contribution in [0.1, 0.15) is 28.0 Å². The number of benzene rings is 2. The highest BCUT2D eigenvalue weighted by Crippen LogP contribution is 2.43.